The Labute approximate surface area is 109 Å². The van der Waals surface area contributed by atoms with E-state index in [0.29, 0.717) is 19.4 Å². The van der Waals surface area contributed by atoms with Gasteiger partial charge in [0.1, 0.15) is 5.69 Å². The molecule has 1 saturated heterocycles. The quantitative estimate of drug-likeness (QED) is 0.696. The summed E-state index contributed by atoms with van der Waals surface area (Å²) in [5.74, 6) is -1.49. The van der Waals surface area contributed by atoms with Gasteiger partial charge in [-0.05, 0) is 18.6 Å². The molecule has 1 aliphatic heterocycles. The number of carbonyl (C=O) groups excluding carboxylic acids is 2. The van der Waals surface area contributed by atoms with Gasteiger partial charge >= 0.3 is 5.97 Å². The van der Waals surface area contributed by atoms with Gasteiger partial charge in [0.2, 0.25) is 5.91 Å². The van der Waals surface area contributed by atoms with Crippen LogP contribution in [0.3, 0.4) is 0 Å². The van der Waals surface area contributed by atoms with Gasteiger partial charge in [0.05, 0.1) is 5.56 Å². The predicted octanol–water partition coefficient (Wildman–Crippen LogP) is -0.212. The first-order chi connectivity index (χ1) is 9.06. The van der Waals surface area contributed by atoms with Crippen LogP contribution in [0.4, 0.5) is 0 Å². The summed E-state index contributed by atoms with van der Waals surface area (Å²) in [6.07, 6.45) is 2.40. The summed E-state index contributed by atoms with van der Waals surface area (Å²) in [7, 11) is 0. The topological polar surface area (TPSA) is 108 Å². The molecule has 2 rings (SSSR count). The fourth-order valence-electron chi connectivity index (χ4n) is 1.80. The van der Waals surface area contributed by atoms with Crippen LogP contribution < -0.4 is 10.6 Å². The van der Waals surface area contributed by atoms with Crippen molar-refractivity contribution in [1.29, 1.82) is 0 Å². The highest BCUT2D eigenvalue weighted by Gasteiger charge is 2.21. The lowest BCUT2D eigenvalue weighted by molar-refractivity contribution is -0.119. The van der Waals surface area contributed by atoms with Crippen LogP contribution in [0.25, 0.3) is 0 Å². The van der Waals surface area contributed by atoms with E-state index < -0.39 is 5.97 Å². The summed E-state index contributed by atoms with van der Waals surface area (Å²) in [5.41, 5.74) is 0.175. The highest BCUT2D eigenvalue weighted by molar-refractivity contribution is 5.94. The lowest BCUT2D eigenvalue weighted by Gasteiger charge is -2.11. The lowest BCUT2D eigenvalue weighted by atomic mass is 10.2. The van der Waals surface area contributed by atoms with Gasteiger partial charge in [-0.25, -0.2) is 9.78 Å². The van der Waals surface area contributed by atoms with Crippen molar-refractivity contribution < 1.29 is 19.5 Å². The number of aromatic nitrogens is 1. The van der Waals surface area contributed by atoms with Crippen molar-refractivity contribution in [2.45, 2.75) is 18.9 Å². The van der Waals surface area contributed by atoms with E-state index in [9.17, 15) is 14.4 Å². The van der Waals surface area contributed by atoms with Crippen LogP contribution in [-0.4, -0.2) is 40.5 Å². The van der Waals surface area contributed by atoms with Crippen molar-refractivity contribution in [1.82, 2.24) is 15.6 Å². The molecule has 1 unspecified atom stereocenters. The molecule has 100 valence electrons. The zero-order valence-corrected chi connectivity index (χ0v) is 10.0. The third-order valence-corrected chi connectivity index (χ3v) is 2.84. The molecule has 0 aromatic carbocycles. The monoisotopic (exact) mass is 263 g/mol. The average Bonchev–Trinajstić information content (AvgIpc) is 2.82. The summed E-state index contributed by atoms with van der Waals surface area (Å²) >= 11 is 0. The van der Waals surface area contributed by atoms with Crippen molar-refractivity contribution in [2.75, 3.05) is 6.54 Å². The Hall–Kier alpha value is -2.44. The van der Waals surface area contributed by atoms with Gasteiger partial charge in [-0.1, -0.05) is 0 Å². The van der Waals surface area contributed by atoms with Gasteiger partial charge in [-0.2, -0.15) is 0 Å². The summed E-state index contributed by atoms with van der Waals surface area (Å²) in [5, 5.41) is 14.1. The smallest absolute Gasteiger partial charge is 0.354 e. The number of hydrogen-bond acceptors (Lipinski definition) is 4. The Balaban J connectivity index is 1.89. The Morgan fingerprint density at radius 2 is 2.26 bits per heavy atom. The molecule has 0 spiro atoms. The zero-order chi connectivity index (χ0) is 13.8. The molecule has 1 aromatic heterocycles. The van der Waals surface area contributed by atoms with Crippen LogP contribution in [0.15, 0.2) is 18.3 Å². The highest BCUT2D eigenvalue weighted by Crippen LogP contribution is 2.06. The number of nitrogens with one attached hydrogen (secondary N) is 2. The standard InChI is InChI=1S/C12H13N3O4/c16-10-4-2-8(15-10)6-14-11(17)7-1-3-9(12(18)19)13-5-7/h1,3,5,8H,2,4,6H2,(H,14,17)(H,15,16)(H,18,19). The molecule has 1 atom stereocenters. The highest BCUT2D eigenvalue weighted by atomic mass is 16.4. The van der Waals surface area contributed by atoms with Crippen molar-refractivity contribution >= 4 is 17.8 Å². The van der Waals surface area contributed by atoms with Crippen LogP contribution in [0.1, 0.15) is 33.7 Å². The third-order valence-electron chi connectivity index (χ3n) is 2.84. The van der Waals surface area contributed by atoms with E-state index in [1.807, 2.05) is 0 Å². The Kier molecular flexibility index (Phi) is 3.74. The molecule has 3 N–H and O–H groups in total. The van der Waals surface area contributed by atoms with Crippen molar-refractivity contribution in [3.63, 3.8) is 0 Å². The van der Waals surface area contributed by atoms with Crippen LogP contribution in [-0.2, 0) is 4.79 Å². The molecule has 0 saturated carbocycles. The second-order valence-corrected chi connectivity index (χ2v) is 4.25. The van der Waals surface area contributed by atoms with Crippen LogP contribution in [0, 0.1) is 0 Å². The maximum Gasteiger partial charge on any atom is 0.354 e. The van der Waals surface area contributed by atoms with Crippen LogP contribution in [0.2, 0.25) is 0 Å². The maximum absolute atomic E-state index is 11.8. The first kappa shape index (κ1) is 13.0. The molecule has 19 heavy (non-hydrogen) atoms. The van der Waals surface area contributed by atoms with Crippen molar-refractivity contribution in [3.8, 4) is 0 Å². The van der Waals surface area contributed by atoms with E-state index in [4.69, 9.17) is 5.11 Å². The number of hydrogen-bond donors (Lipinski definition) is 3. The summed E-state index contributed by atoms with van der Waals surface area (Å²) in [4.78, 5) is 37.0. The van der Waals surface area contributed by atoms with Crippen molar-refractivity contribution in [2.24, 2.45) is 0 Å². The van der Waals surface area contributed by atoms with E-state index in [2.05, 4.69) is 15.6 Å². The number of amides is 2. The SMILES string of the molecule is O=C1CCC(CNC(=O)c2ccc(C(=O)O)nc2)N1. The molecule has 7 heteroatoms. The minimum absolute atomic E-state index is 0.00766. The first-order valence-corrected chi connectivity index (χ1v) is 5.83. The molecule has 7 nitrogen and oxygen atoms in total. The van der Waals surface area contributed by atoms with Gasteiger partial charge in [0.25, 0.3) is 5.91 Å². The molecule has 0 radical (unpaired) electrons. The predicted molar refractivity (Wildman–Crippen MR) is 64.7 cm³/mol. The van der Waals surface area contributed by atoms with E-state index in [-0.39, 0.29) is 29.1 Å². The molecule has 2 amide bonds. The maximum atomic E-state index is 11.8. The van der Waals surface area contributed by atoms with Gasteiger partial charge in [0.15, 0.2) is 0 Å². The summed E-state index contributed by atoms with van der Waals surface area (Å²) in [6, 6.07) is 2.64. The molecular weight excluding hydrogens is 250 g/mol. The number of carboxylic acid groups (broad SMARTS) is 1. The number of carboxylic acids is 1. The van der Waals surface area contributed by atoms with E-state index >= 15 is 0 Å². The minimum atomic E-state index is -1.14. The Morgan fingerprint density at radius 3 is 2.79 bits per heavy atom. The number of carbonyl (C=O) groups is 3. The fraction of sp³-hybridized carbons (Fsp3) is 0.333. The molecule has 1 fully saturated rings. The Bertz CT molecular complexity index is 512. The van der Waals surface area contributed by atoms with Gasteiger partial charge in [-0.15, -0.1) is 0 Å². The second-order valence-electron chi connectivity index (χ2n) is 4.25. The third kappa shape index (κ3) is 3.27. The zero-order valence-electron chi connectivity index (χ0n) is 10.0. The molecular formula is C12H13N3O4. The molecule has 0 aliphatic carbocycles. The molecule has 2 heterocycles. The summed E-state index contributed by atoms with van der Waals surface area (Å²) in [6.45, 7) is 0.352. The van der Waals surface area contributed by atoms with Crippen LogP contribution in [0.5, 0.6) is 0 Å². The number of nitrogens with zero attached hydrogens (tertiary/aromatic N) is 1. The average molecular weight is 263 g/mol. The number of aromatic carboxylic acids is 1. The van der Waals surface area contributed by atoms with E-state index in [1.54, 1.807) is 0 Å². The van der Waals surface area contributed by atoms with Crippen molar-refractivity contribution in [3.05, 3.63) is 29.6 Å². The Morgan fingerprint density at radius 1 is 1.47 bits per heavy atom. The number of rotatable bonds is 4. The summed E-state index contributed by atoms with van der Waals surface area (Å²) < 4.78 is 0. The minimum Gasteiger partial charge on any atom is -0.477 e. The van der Waals surface area contributed by atoms with Gasteiger partial charge in [0, 0.05) is 25.2 Å². The lowest BCUT2D eigenvalue weighted by Crippen LogP contribution is -2.38. The van der Waals surface area contributed by atoms with Gasteiger partial charge in [-0.3, -0.25) is 9.59 Å². The fourth-order valence-corrected chi connectivity index (χ4v) is 1.80. The first-order valence-electron chi connectivity index (χ1n) is 5.83. The number of pyridine rings is 1. The normalized spacial score (nSPS) is 17.9. The van der Waals surface area contributed by atoms with Gasteiger partial charge < -0.3 is 15.7 Å². The molecule has 1 aliphatic rings. The van der Waals surface area contributed by atoms with E-state index in [1.165, 1.54) is 18.3 Å². The molecule has 0 bridgehead atoms. The largest absolute Gasteiger partial charge is 0.477 e. The molecule has 1 aromatic rings. The van der Waals surface area contributed by atoms with Crippen LogP contribution >= 0.6 is 0 Å². The second kappa shape index (κ2) is 5.47. The van der Waals surface area contributed by atoms with E-state index in [0.717, 1.165) is 0 Å².